The van der Waals surface area contributed by atoms with Crippen molar-refractivity contribution in [1.82, 2.24) is 9.13 Å². The quantitative estimate of drug-likeness (QED) is 0.623. The van der Waals surface area contributed by atoms with Gasteiger partial charge < -0.3 is 5.32 Å². The highest BCUT2D eigenvalue weighted by molar-refractivity contribution is 5.51. The normalized spacial score (nSPS) is 11.7. The van der Waals surface area contributed by atoms with Gasteiger partial charge in [0.15, 0.2) is 5.56 Å². The summed E-state index contributed by atoms with van der Waals surface area (Å²) in [6, 6.07) is 1.93. The van der Waals surface area contributed by atoms with Gasteiger partial charge in [0.1, 0.15) is 11.9 Å². The Morgan fingerprint density at radius 1 is 1.40 bits per heavy atom. The second-order valence-corrected chi connectivity index (χ2v) is 4.81. The van der Waals surface area contributed by atoms with Crippen LogP contribution in [0.3, 0.4) is 0 Å². The fourth-order valence-corrected chi connectivity index (χ4v) is 1.99. The molecule has 1 unspecified atom stereocenters. The van der Waals surface area contributed by atoms with E-state index < -0.39 is 11.2 Å². The molecule has 0 fully saturated rings. The molecule has 0 aliphatic carbocycles. The van der Waals surface area contributed by atoms with Gasteiger partial charge in [-0.15, -0.1) is 6.58 Å². The minimum Gasteiger partial charge on any atom is -0.368 e. The number of anilines is 1. The Morgan fingerprint density at radius 3 is 2.60 bits per heavy atom. The number of nitrogens with one attached hydrogen (secondary N) is 1. The predicted molar refractivity (Wildman–Crippen MR) is 78.8 cm³/mol. The third-order valence-corrected chi connectivity index (χ3v) is 3.20. The largest absolute Gasteiger partial charge is 0.368 e. The van der Waals surface area contributed by atoms with Crippen molar-refractivity contribution in [3.8, 4) is 6.07 Å². The summed E-state index contributed by atoms with van der Waals surface area (Å²) in [5, 5.41) is 12.2. The molecule has 0 aliphatic rings. The topological polar surface area (TPSA) is 79.8 Å². The van der Waals surface area contributed by atoms with Crippen LogP contribution >= 0.6 is 0 Å². The van der Waals surface area contributed by atoms with Crippen LogP contribution in [0.15, 0.2) is 22.2 Å². The standard InChI is InChI=1S/C14H20N4O2/c1-5-6-7-8-10(2)16-12-11(9-15)13(19)18(4)14(20)17(12)3/h5,10,16H,1,6-8H2,2-4H3. The van der Waals surface area contributed by atoms with E-state index in [1.165, 1.54) is 11.6 Å². The number of hydrogen-bond donors (Lipinski definition) is 1. The third-order valence-electron chi connectivity index (χ3n) is 3.20. The maximum absolute atomic E-state index is 11.9. The summed E-state index contributed by atoms with van der Waals surface area (Å²) in [5.74, 6) is 0.284. The van der Waals surface area contributed by atoms with Crippen molar-refractivity contribution in [1.29, 1.82) is 5.26 Å². The molecule has 0 spiro atoms. The third kappa shape index (κ3) is 3.18. The second-order valence-electron chi connectivity index (χ2n) is 4.81. The van der Waals surface area contributed by atoms with Gasteiger partial charge in [-0.05, 0) is 26.2 Å². The number of nitrogens with zero attached hydrogens (tertiary/aromatic N) is 3. The lowest BCUT2D eigenvalue weighted by molar-refractivity contribution is 0.637. The van der Waals surface area contributed by atoms with E-state index in [2.05, 4.69) is 11.9 Å². The molecule has 6 heteroatoms. The summed E-state index contributed by atoms with van der Waals surface area (Å²) in [6.45, 7) is 5.61. The van der Waals surface area contributed by atoms with Crippen LogP contribution < -0.4 is 16.6 Å². The maximum Gasteiger partial charge on any atom is 0.332 e. The van der Waals surface area contributed by atoms with Gasteiger partial charge >= 0.3 is 5.69 Å². The lowest BCUT2D eigenvalue weighted by Gasteiger charge is -2.18. The molecule has 0 bridgehead atoms. The summed E-state index contributed by atoms with van der Waals surface area (Å²) in [6.07, 6.45) is 4.58. The monoisotopic (exact) mass is 276 g/mol. The summed E-state index contributed by atoms with van der Waals surface area (Å²) >= 11 is 0. The fourth-order valence-electron chi connectivity index (χ4n) is 1.99. The molecule has 1 heterocycles. The Morgan fingerprint density at radius 2 is 2.05 bits per heavy atom. The molecule has 1 aromatic heterocycles. The molecule has 0 amide bonds. The Balaban J connectivity index is 3.13. The minimum absolute atomic E-state index is 0.0369. The van der Waals surface area contributed by atoms with Crippen molar-refractivity contribution in [3.05, 3.63) is 39.1 Å². The van der Waals surface area contributed by atoms with Gasteiger partial charge in [0.25, 0.3) is 5.56 Å². The van der Waals surface area contributed by atoms with Gasteiger partial charge in [-0.25, -0.2) is 4.79 Å². The van der Waals surface area contributed by atoms with E-state index in [9.17, 15) is 9.59 Å². The van der Waals surface area contributed by atoms with E-state index in [1.54, 1.807) is 7.05 Å². The molecule has 0 aromatic carbocycles. The Hall–Kier alpha value is -2.29. The molecule has 6 nitrogen and oxygen atoms in total. The van der Waals surface area contributed by atoms with E-state index in [0.717, 1.165) is 23.8 Å². The van der Waals surface area contributed by atoms with E-state index in [0.29, 0.717) is 0 Å². The van der Waals surface area contributed by atoms with Crippen molar-refractivity contribution in [2.45, 2.75) is 32.2 Å². The van der Waals surface area contributed by atoms with Gasteiger partial charge in [-0.1, -0.05) is 6.08 Å². The maximum atomic E-state index is 11.9. The lowest BCUT2D eigenvalue weighted by Crippen LogP contribution is -2.40. The molecular weight excluding hydrogens is 256 g/mol. The van der Waals surface area contributed by atoms with Crippen LogP contribution in [0.5, 0.6) is 0 Å². The van der Waals surface area contributed by atoms with Crippen molar-refractivity contribution < 1.29 is 0 Å². The zero-order valence-corrected chi connectivity index (χ0v) is 12.1. The van der Waals surface area contributed by atoms with E-state index in [1.807, 2.05) is 19.1 Å². The van der Waals surface area contributed by atoms with Crippen LogP contribution in [0.1, 0.15) is 31.7 Å². The highest BCUT2D eigenvalue weighted by Gasteiger charge is 2.16. The molecule has 0 radical (unpaired) electrons. The van der Waals surface area contributed by atoms with E-state index >= 15 is 0 Å². The van der Waals surface area contributed by atoms with Crippen LogP contribution in [-0.4, -0.2) is 15.2 Å². The zero-order valence-electron chi connectivity index (χ0n) is 12.1. The SMILES string of the molecule is C=CCCCC(C)Nc1c(C#N)c(=O)n(C)c(=O)n1C. The van der Waals surface area contributed by atoms with Crippen LogP contribution in [0.25, 0.3) is 0 Å². The summed E-state index contributed by atoms with van der Waals surface area (Å²) in [5.41, 5.74) is -1.06. The number of nitriles is 1. The van der Waals surface area contributed by atoms with Gasteiger partial charge in [0, 0.05) is 20.1 Å². The smallest absolute Gasteiger partial charge is 0.332 e. The number of aromatic nitrogens is 2. The van der Waals surface area contributed by atoms with E-state index in [4.69, 9.17) is 5.26 Å². The van der Waals surface area contributed by atoms with Crippen LogP contribution in [0.2, 0.25) is 0 Å². The first-order chi connectivity index (χ1) is 9.43. The number of hydrogen-bond acceptors (Lipinski definition) is 4. The highest BCUT2D eigenvalue weighted by atomic mass is 16.2. The van der Waals surface area contributed by atoms with Gasteiger partial charge in [0.05, 0.1) is 0 Å². The summed E-state index contributed by atoms with van der Waals surface area (Å²) in [4.78, 5) is 23.8. The average molecular weight is 276 g/mol. The Labute approximate surface area is 118 Å². The fraction of sp³-hybridized carbons (Fsp3) is 0.500. The van der Waals surface area contributed by atoms with Gasteiger partial charge in [0.2, 0.25) is 0 Å². The Bertz CT molecular complexity index is 649. The molecule has 0 aliphatic heterocycles. The average Bonchev–Trinajstić information content (AvgIpc) is 2.43. The molecular formula is C14H20N4O2. The molecule has 1 N–H and O–H groups in total. The molecule has 1 aromatic rings. The summed E-state index contributed by atoms with van der Waals surface area (Å²) < 4.78 is 2.23. The van der Waals surface area contributed by atoms with Crippen molar-refractivity contribution >= 4 is 5.82 Å². The van der Waals surface area contributed by atoms with Crippen molar-refractivity contribution in [3.63, 3.8) is 0 Å². The van der Waals surface area contributed by atoms with Crippen LogP contribution in [-0.2, 0) is 14.1 Å². The molecule has 20 heavy (non-hydrogen) atoms. The van der Waals surface area contributed by atoms with Crippen molar-refractivity contribution in [2.24, 2.45) is 14.1 Å². The predicted octanol–water partition coefficient (Wildman–Crippen LogP) is 1.11. The van der Waals surface area contributed by atoms with Crippen LogP contribution in [0, 0.1) is 11.3 Å². The van der Waals surface area contributed by atoms with Gasteiger partial charge in [-0.2, -0.15) is 5.26 Å². The molecule has 1 atom stereocenters. The first-order valence-corrected chi connectivity index (χ1v) is 6.51. The number of rotatable bonds is 6. The molecule has 0 saturated heterocycles. The molecule has 0 saturated carbocycles. The lowest BCUT2D eigenvalue weighted by atomic mass is 10.1. The molecule has 108 valence electrons. The minimum atomic E-state index is -0.573. The first kappa shape index (κ1) is 15.8. The Kier molecular flexibility index (Phi) is 5.32. The molecule has 1 rings (SSSR count). The van der Waals surface area contributed by atoms with Gasteiger partial charge in [-0.3, -0.25) is 13.9 Å². The second kappa shape index (κ2) is 6.75. The van der Waals surface area contributed by atoms with Crippen LogP contribution in [0.4, 0.5) is 5.82 Å². The zero-order chi connectivity index (χ0) is 15.3. The van der Waals surface area contributed by atoms with E-state index in [-0.39, 0.29) is 17.4 Å². The first-order valence-electron chi connectivity index (χ1n) is 6.51. The van der Waals surface area contributed by atoms with Crippen molar-refractivity contribution in [2.75, 3.05) is 5.32 Å². The highest BCUT2D eigenvalue weighted by Crippen LogP contribution is 2.12. The number of unbranched alkanes of at least 4 members (excludes halogenated alkanes) is 1. The summed E-state index contributed by atoms with van der Waals surface area (Å²) in [7, 11) is 2.91. The number of allylic oxidation sites excluding steroid dienone is 1.